The van der Waals surface area contributed by atoms with Crippen LogP contribution >= 0.6 is 0 Å². The van der Waals surface area contributed by atoms with E-state index in [-0.39, 0.29) is 48.3 Å². The molecule has 0 aliphatic carbocycles. The zero-order chi connectivity index (χ0) is 33.0. The second kappa shape index (κ2) is 16.5. The molecule has 0 bridgehead atoms. The van der Waals surface area contributed by atoms with Crippen LogP contribution in [0, 0.1) is 0 Å². The van der Waals surface area contributed by atoms with E-state index in [0.29, 0.717) is 11.4 Å². The zero-order valence-corrected chi connectivity index (χ0v) is 22.9. The minimum absolute atomic E-state index is 0.0524. The summed E-state index contributed by atoms with van der Waals surface area (Å²) in [4.78, 5) is 70.6. The molecule has 0 saturated heterocycles. The van der Waals surface area contributed by atoms with Gasteiger partial charge in [-0.2, -0.15) is 4.98 Å². The van der Waals surface area contributed by atoms with Gasteiger partial charge in [0, 0.05) is 17.7 Å². The number of carboxylic acid groups (broad SMARTS) is 2. The molecule has 0 fully saturated rings. The number of aromatic nitrogens is 4. The van der Waals surface area contributed by atoms with Crippen molar-refractivity contribution in [3.05, 3.63) is 52.1 Å². The summed E-state index contributed by atoms with van der Waals surface area (Å²) >= 11 is 0. The lowest BCUT2D eigenvalue weighted by Crippen LogP contribution is -2.49. The highest BCUT2D eigenvalue weighted by molar-refractivity contribution is 5.97. The van der Waals surface area contributed by atoms with Crippen LogP contribution < -0.4 is 27.7 Å². The smallest absolute Gasteiger partial charge is 0.326 e. The number of aliphatic hydroxyl groups excluding tert-OH is 4. The number of carbonyl (C=O) groups excluding carboxylic acids is 2. The number of aliphatic hydroxyl groups is 4. The topological polar surface area (TPSA) is 337 Å². The summed E-state index contributed by atoms with van der Waals surface area (Å²) in [6, 6.07) is 3.60. The first-order chi connectivity index (χ1) is 20.8. The lowest BCUT2D eigenvalue weighted by atomic mass is 10.0. The minimum Gasteiger partial charge on any atom is -0.481 e. The number of anilines is 2. The molecule has 13 N–H and O–H groups in total. The Kier molecular flexibility index (Phi) is 13.2. The van der Waals surface area contributed by atoms with E-state index in [2.05, 4.69) is 30.6 Å². The second-order valence-electron chi connectivity index (χ2n) is 9.16. The van der Waals surface area contributed by atoms with Crippen molar-refractivity contribution >= 4 is 46.9 Å². The number of hydrogen-bond donors (Lipinski definition) is 11. The number of aliphatic carboxylic acids is 2. The molecule has 3 rings (SSSR count). The van der Waals surface area contributed by atoms with Crippen molar-refractivity contribution in [2.75, 3.05) is 17.7 Å². The number of H-pyrrole nitrogens is 1. The molecule has 0 spiro atoms. The van der Waals surface area contributed by atoms with Crippen LogP contribution in [0.25, 0.3) is 11.2 Å². The van der Waals surface area contributed by atoms with Crippen molar-refractivity contribution in [1.82, 2.24) is 25.3 Å². The molecule has 19 heteroatoms. The Labute approximate surface area is 247 Å². The fourth-order valence-corrected chi connectivity index (χ4v) is 3.40. The number of nitrogens with one attached hydrogen (secondary N) is 3. The predicted molar refractivity (Wildman–Crippen MR) is 151 cm³/mol. The zero-order valence-electron chi connectivity index (χ0n) is 22.9. The molecule has 0 aliphatic rings. The first kappa shape index (κ1) is 35.1. The Morgan fingerprint density at radius 3 is 2.27 bits per heavy atom. The van der Waals surface area contributed by atoms with Gasteiger partial charge in [0.2, 0.25) is 5.95 Å². The standard InChI is InChI=1S/C19H19N7O6.C6H13NO5/c20-19-25-15-14(17(30)26-19)23-11(8-22-15)7-21-10-3-1-9(2-4-10)16(29)24-12(18(31)32)5-6-13(27)28;7-3(1-8)5(11)6(12)4(10)2-9/h1-4,8,12,21H,5-7H2,(H,24,29)(H,27,28)(H,31,32)(H3,20,22,25,26,30);1,3-6,9-12H,2,7H2/t;3-,4+,5+,6+/m.0/s1. The van der Waals surface area contributed by atoms with E-state index in [1.165, 1.54) is 18.3 Å². The third-order valence-corrected chi connectivity index (χ3v) is 5.84. The van der Waals surface area contributed by atoms with Crippen LogP contribution in [0.5, 0.6) is 0 Å². The van der Waals surface area contributed by atoms with E-state index in [1.807, 2.05) is 0 Å². The highest BCUT2D eigenvalue weighted by Crippen LogP contribution is 2.12. The molecule has 44 heavy (non-hydrogen) atoms. The van der Waals surface area contributed by atoms with Gasteiger partial charge in [-0.05, 0) is 30.7 Å². The number of rotatable bonds is 14. The molecular formula is C25H32N8O11. The van der Waals surface area contributed by atoms with Crippen molar-refractivity contribution in [3.63, 3.8) is 0 Å². The normalized spacial score (nSPS) is 14.2. The number of nitrogens with zero attached hydrogens (tertiary/aromatic N) is 3. The van der Waals surface area contributed by atoms with Crippen molar-refractivity contribution < 1.29 is 49.8 Å². The first-order valence-corrected chi connectivity index (χ1v) is 12.7. The third kappa shape index (κ3) is 10.3. The van der Waals surface area contributed by atoms with E-state index in [0.717, 1.165) is 0 Å². The molecule has 0 radical (unpaired) electrons. The Bertz CT molecular complexity index is 1500. The number of aromatic amines is 1. The summed E-state index contributed by atoms with van der Waals surface area (Å²) in [6.45, 7) is -0.474. The maximum absolute atomic E-state index is 12.3. The quantitative estimate of drug-likeness (QED) is 0.0780. The highest BCUT2D eigenvalue weighted by atomic mass is 16.4. The molecule has 5 atom stereocenters. The number of carboxylic acids is 2. The monoisotopic (exact) mass is 620 g/mol. The van der Waals surface area contributed by atoms with Crippen LogP contribution in [0.1, 0.15) is 28.9 Å². The Balaban J connectivity index is 0.000000477. The van der Waals surface area contributed by atoms with Crippen LogP contribution in [0.2, 0.25) is 0 Å². The largest absolute Gasteiger partial charge is 0.481 e. The molecular weight excluding hydrogens is 588 g/mol. The third-order valence-electron chi connectivity index (χ3n) is 5.84. The number of benzene rings is 1. The van der Waals surface area contributed by atoms with Crippen molar-refractivity contribution in [1.29, 1.82) is 0 Å². The molecule has 1 aromatic carbocycles. The van der Waals surface area contributed by atoms with Crippen LogP contribution in [0.15, 0.2) is 35.3 Å². The number of aldehydes is 1. The van der Waals surface area contributed by atoms with E-state index in [1.54, 1.807) is 12.1 Å². The van der Waals surface area contributed by atoms with Gasteiger partial charge in [-0.15, -0.1) is 0 Å². The average molecular weight is 621 g/mol. The molecule has 0 saturated carbocycles. The fraction of sp³-hybridized carbons (Fsp3) is 0.360. The van der Waals surface area contributed by atoms with E-state index < -0.39 is 60.4 Å². The Morgan fingerprint density at radius 2 is 1.70 bits per heavy atom. The first-order valence-electron chi connectivity index (χ1n) is 12.7. The summed E-state index contributed by atoms with van der Waals surface area (Å²) in [7, 11) is 0. The summed E-state index contributed by atoms with van der Waals surface area (Å²) in [5.74, 6) is -3.16. The lowest BCUT2D eigenvalue weighted by Gasteiger charge is -2.23. The summed E-state index contributed by atoms with van der Waals surface area (Å²) in [6.07, 6.45) is -3.59. The van der Waals surface area contributed by atoms with Crippen LogP contribution in [-0.2, 0) is 20.9 Å². The molecule has 19 nitrogen and oxygen atoms in total. The van der Waals surface area contributed by atoms with Crippen LogP contribution in [0.4, 0.5) is 11.6 Å². The van der Waals surface area contributed by atoms with Crippen LogP contribution in [0.3, 0.4) is 0 Å². The number of nitrogen functional groups attached to an aromatic ring is 1. The van der Waals surface area contributed by atoms with Gasteiger partial charge in [-0.3, -0.25) is 19.4 Å². The number of carbonyl (C=O) groups is 4. The van der Waals surface area contributed by atoms with Crippen molar-refractivity contribution in [3.8, 4) is 0 Å². The molecule has 0 aliphatic heterocycles. The maximum Gasteiger partial charge on any atom is 0.326 e. The van der Waals surface area contributed by atoms with E-state index >= 15 is 0 Å². The van der Waals surface area contributed by atoms with Gasteiger partial charge >= 0.3 is 11.9 Å². The van der Waals surface area contributed by atoms with Crippen LogP contribution in [-0.4, -0.2) is 112 Å². The van der Waals surface area contributed by atoms with Crippen molar-refractivity contribution in [2.45, 2.75) is 49.8 Å². The van der Waals surface area contributed by atoms with Gasteiger partial charge in [0.25, 0.3) is 11.5 Å². The number of fused-ring (bicyclic) bond motifs is 1. The lowest BCUT2D eigenvalue weighted by molar-refractivity contribution is -0.140. The number of hydrogen-bond acceptors (Lipinski definition) is 15. The van der Waals surface area contributed by atoms with E-state index in [9.17, 15) is 24.0 Å². The van der Waals surface area contributed by atoms with Gasteiger partial charge in [0.15, 0.2) is 11.2 Å². The Hall–Kier alpha value is -5.08. The SMILES string of the molecule is N[C@@H](C=O)[C@@H](O)[C@H](O)[C@H](O)CO.Nc1nc2ncc(CNc3ccc(C(=O)NC(CCC(=O)O)C(=O)O)cc3)nc2c(=O)[nH]1. The van der Waals surface area contributed by atoms with Gasteiger partial charge in [0.1, 0.15) is 30.6 Å². The van der Waals surface area contributed by atoms with Crippen molar-refractivity contribution in [2.24, 2.45) is 5.73 Å². The molecule has 3 aromatic rings. The van der Waals surface area contributed by atoms with Gasteiger partial charge in [-0.1, -0.05) is 0 Å². The molecule has 2 aromatic heterocycles. The predicted octanol–water partition coefficient (Wildman–Crippen LogP) is -3.46. The second-order valence-corrected chi connectivity index (χ2v) is 9.16. The highest BCUT2D eigenvalue weighted by Gasteiger charge is 2.28. The molecule has 1 amide bonds. The number of amides is 1. The maximum atomic E-state index is 12.3. The average Bonchev–Trinajstić information content (AvgIpc) is 3.00. The van der Waals surface area contributed by atoms with Gasteiger partial charge in [-0.25, -0.2) is 14.8 Å². The summed E-state index contributed by atoms with van der Waals surface area (Å²) in [5.41, 5.74) is 11.5. The number of nitrogens with two attached hydrogens (primary N) is 2. The van der Waals surface area contributed by atoms with E-state index in [4.69, 9.17) is 42.1 Å². The molecule has 1 unspecified atom stereocenters. The van der Waals surface area contributed by atoms with Gasteiger partial charge in [0.05, 0.1) is 31.1 Å². The fourth-order valence-electron chi connectivity index (χ4n) is 3.40. The molecule has 2 heterocycles. The van der Waals surface area contributed by atoms with Gasteiger partial charge < -0.3 is 57.5 Å². The summed E-state index contributed by atoms with van der Waals surface area (Å²) < 4.78 is 0. The molecule has 238 valence electrons. The Morgan fingerprint density at radius 1 is 1.05 bits per heavy atom. The summed E-state index contributed by atoms with van der Waals surface area (Å²) in [5, 5.41) is 58.4. The minimum atomic E-state index is -1.62.